The molecule has 3 aromatic carbocycles. The third-order valence-corrected chi connectivity index (χ3v) is 6.95. The monoisotopic (exact) mass is 508 g/mol. The van der Waals surface area contributed by atoms with Crippen LogP contribution in [0.4, 0.5) is 0 Å². The number of carbonyl (C=O) groups is 2. The number of nitrogens with zero attached hydrogens (tertiary/aromatic N) is 1. The molecule has 2 aromatic heterocycles. The van der Waals surface area contributed by atoms with Crippen molar-refractivity contribution in [3.05, 3.63) is 107 Å². The van der Waals surface area contributed by atoms with Gasteiger partial charge in [0.05, 0.1) is 32.4 Å². The van der Waals surface area contributed by atoms with Gasteiger partial charge in [0, 0.05) is 33.6 Å². The van der Waals surface area contributed by atoms with Crippen LogP contribution in [0.3, 0.4) is 0 Å². The molecule has 0 radical (unpaired) electrons. The average molecular weight is 509 g/mol. The second-order valence-corrected chi connectivity index (χ2v) is 9.02. The number of aliphatic hydroxyl groups excluding tert-OH is 1. The molecular weight excluding hydrogens is 484 g/mol. The van der Waals surface area contributed by atoms with Crippen molar-refractivity contribution < 1.29 is 28.6 Å². The molecule has 1 aliphatic heterocycles. The SMILES string of the molecule is COc1ccccc1CN1C(=O)C(O)=C(C(=O)c2cc3cccc(OC)c3o2)C1c1c[nH]c2ccccc12. The van der Waals surface area contributed by atoms with E-state index in [4.69, 9.17) is 13.9 Å². The molecule has 2 N–H and O–H groups in total. The van der Waals surface area contributed by atoms with E-state index in [1.807, 2.05) is 42.5 Å². The van der Waals surface area contributed by atoms with Gasteiger partial charge >= 0.3 is 0 Å². The Bertz CT molecular complexity index is 1740. The molecule has 1 atom stereocenters. The van der Waals surface area contributed by atoms with Crippen LogP contribution in [0.5, 0.6) is 11.5 Å². The Morgan fingerprint density at radius 2 is 1.74 bits per heavy atom. The minimum Gasteiger partial charge on any atom is -0.503 e. The van der Waals surface area contributed by atoms with E-state index in [0.29, 0.717) is 28.0 Å². The van der Waals surface area contributed by atoms with Crippen molar-refractivity contribution in [1.29, 1.82) is 0 Å². The van der Waals surface area contributed by atoms with E-state index < -0.39 is 23.5 Å². The normalized spacial score (nSPS) is 15.6. The van der Waals surface area contributed by atoms with Gasteiger partial charge in [-0.05, 0) is 24.3 Å². The summed E-state index contributed by atoms with van der Waals surface area (Å²) in [6, 6.07) is 21.0. The Kier molecular flexibility index (Phi) is 5.64. The minimum absolute atomic E-state index is 0.00262. The smallest absolute Gasteiger partial charge is 0.290 e. The van der Waals surface area contributed by atoms with Crippen molar-refractivity contribution in [1.82, 2.24) is 9.88 Å². The molecule has 0 saturated heterocycles. The van der Waals surface area contributed by atoms with E-state index in [0.717, 1.165) is 16.5 Å². The van der Waals surface area contributed by atoms with E-state index in [1.165, 1.54) is 12.0 Å². The molecule has 6 rings (SSSR count). The van der Waals surface area contributed by atoms with Crippen LogP contribution >= 0.6 is 0 Å². The number of ketones is 1. The first-order chi connectivity index (χ1) is 18.5. The Balaban J connectivity index is 1.50. The number of hydrogen-bond donors (Lipinski definition) is 2. The number of rotatable bonds is 7. The van der Waals surface area contributed by atoms with Crippen molar-refractivity contribution in [3.63, 3.8) is 0 Å². The summed E-state index contributed by atoms with van der Waals surface area (Å²) >= 11 is 0. The number of benzene rings is 3. The fourth-order valence-electron chi connectivity index (χ4n) is 5.15. The quantitative estimate of drug-likeness (QED) is 0.273. The average Bonchev–Trinajstić information content (AvgIpc) is 3.64. The number of carbonyl (C=O) groups excluding carboxylic acids is 2. The Morgan fingerprint density at radius 1 is 1.00 bits per heavy atom. The number of furan rings is 1. The zero-order valence-electron chi connectivity index (χ0n) is 20.7. The molecular formula is C30H24N2O6. The molecule has 0 spiro atoms. The first-order valence-electron chi connectivity index (χ1n) is 12.0. The molecule has 0 saturated carbocycles. The number of hydrogen-bond acceptors (Lipinski definition) is 6. The number of aromatic nitrogens is 1. The summed E-state index contributed by atoms with van der Waals surface area (Å²) in [5.41, 5.74) is 2.64. The molecule has 0 fully saturated rings. The predicted molar refractivity (Wildman–Crippen MR) is 141 cm³/mol. The fourth-order valence-corrected chi connectivity index (χ4v) is 5.15. The van der Waals surface area contributed by atoms with Crippen molar-refractivity contribution in [2.24, 2.45) is 0 Å². The lowest BCUT2D eigenvalue weighted by Crippen LogP contribution is -2.30. The maximum Gasteiger partial charge on any atom is 0.290 e. The standard InChI is InChI=1S/C30H24N2O6/c1-36-22-12-6-3-8-18(22)16-32-26(20-15-31-21-11-5-4-10-19(20)21)25(28(34)30(32)35)27(33)24-14-17-9-7-13-23(37-2)29(17)38-24/h3-15,26,31,34H,16H2,1-2H3. The second kappa shape index (κ2) is 9.15. The number of Topliss-reactive ketones (excluding diaryl/α,β-unsaturated/α-hetero) is 1. The van der Waals surface area contributed by atoms with Crippen LogP contribution < -0.4 is 9.47 Å². The highest BCUT2D eigenvalue weighted by Gasteiger charge is 2.45. The van der Waals surface area contributed by atoms with Crippen LogP contribution in [-0.4, -0.2) is 40.9 Å². The number of fused-ring (bicyclic) bond motifs is 2. The summed E-state index contributed by atoms with van der Waals surface area (Å²) in [6.07, 6.45) is 1.77. The van der Waals surface area contributed by atoms with Crippen molar-refractivity contribution in [2.75, 3.05) is 14.2 Å². The number of nitrogens with one attached hydrogen (secondary N) is 1. The highest BCUT2D eigenvalue weighted by Crippen LogP contribution is 2.43. The lowest BCUT2D eigenvalue weighted by Gasteiger charge is -2.27. The number of H-pyrrole nitrogens is 1. The summed E-state index contributed by atoms with van der Waals surface area (Å²) in [4.78, 5) is 32.2. The van der Waals surface area contributed by atoms with Gasteiger partial charge in [-0.25, -0.2) is 0 Å². The van der Waals surface area contributed by atoms with Crippen LogP contribution in [0.15, 0.2) is 94.7 Å². The summed E-state index contributed by atoms with van der Waals surface area (Å²) in [7, 11) is 3.08. The molecule has 38 heavy (non-hydrogen) atoms. The summed E-state index contributed by atoms with van der Waals surface area (Å²) in [5.74, 6) is -0.750. The molecule has 8 nitrogen and oxygen atoms in total. The van der Waals surface area contributed by atoms with Gasteiger partial charge in [-0.2, -0.15) is 0 Å². The van der Waals surface area contributed by atoms with Crippen LogP contribution in [0.25, 0.3) is 21.9 Å². The lowest BCUT2D eigenvalue weighted by molar-refractivity contribution is -0.130. The van der Waals surface area contributed by atoms with E-state index in [-0.39, 0.29) is 17.9 Å². The van der Waals surface area contributed by atoms with Gasteiger partial charge in [0.2, 0.25) is 5.78 Å². The third-order valence-electron chi connectivity index (χ3n) is 6.95. The second-order valence-electron chi connectivity index (χ2n) is 9.02. The van der Waals surface area contributed by atoms with Crippen LogP contribution in [0.2, 0.25) is 0 Å². The maximum absolute atomic E-state index is 14.0. The summed E-state index contributed by atoms with van der Waals surface area (Å²) < 4.78 is 16.8. The number of para-hydroxylation sites is 3. The molecule has 190 valence electrons. The topological polar surface area (TPSA) is 105 Å². The van der Waals surface area contributed by atoms with Gasteiger partial charge in [-0.1, -0.05) is 48.5 Å². The van der Waals surface area contributed by atoms with E-state index >= 15 is 0 Å². The summed E-state index contributed by atoms with van der Waals surface area (Å²) in [6.45, 7) is 0.113. The minimum atomic E-state index is -0.869. The van der Waals surface area contributed by atoms with Gasteiger partial charge in [-0.15, -0.1) is 0 Å². The first-order valence-corrected chi connectivity index (χ1v) is 12.0. The predicted octanol–water partition coefficient (Wildman–Crippen LogP) is 5.71. The fraction of sp³-hybridized carbons (Fsp3) is 0.133. The molecule has 0 aliphatic carbocycles. The van der Waals surface area contributed by atoms with Crippen LogP contribution in [0.1, 0.15) is 27.7 Å². The molecule has 0 bridgehead atoms. The zero-order valence-corrected chi connectivity index (χ0v) is 20.7. The van der Waals surface area contributed by atoms with E-state index in [2.05, 4.69) is 4.98 Å². The number of aliphatic hydroxyl groups is 1. The first kappa shape index (κ1) is 23.4. The lowest BCUT2D eigenvalue weighted by atomic mass is 9.94. The Hall–Kier alpha value is -4.98. The number of ether oxygens (including phenoxy) is 2. The van der Waals surface area contributed by atoms with E-state index in [9.17, 15) is 14.7 Å². The van der Waals surface area contributed by atoms with Gasteiger partial charge in [-0.3, -0.25) is 9.59 Å². The molecule has 5 aromatic rings. The van der Waals surface area contributed by atoms with Crippen LogP contribution in [-0.2, 0) is 11.3 Å². The highest BCUT2D eigenvalue weighted by molar-refractivity contribution is 6.16. The van der Waals surface area contributed by atoms with Gasteiger partial charge in [0.15, 0.2) is 22.9 Å². The van der Waals surface area contributed by atoms with Crippen molar-refractivity contribution in [2.45, 2.75) is 12.6 Å². The van der Waals surface area contributed by atoms with Gasteiger partial charge in [0.25, 0.3) is 5.91 Å². The van der Waals surface area contributed by atoms with Gasteiger partial charge < -0.3 is 28.9 Å². The maximum atomic E-state index is 14.0. The molecule has 1 aliphatic rings. The number of methoxy groups -OCH3 is 2. The molecule has 1 amide bonds. The van der Waals surface area contributed by atoms with E-state index in [1.54, 1.807) is 43.6 Å². The van der Waals surface area contributed by atoms with Gasteiger partial charge in [0.1, 0.15) is 5.75 Å². The van der Waals surface area contributed by atoms with Crippen LogP contribution in [0, 0.1) is 0 Å². The van der Waals surface area contributed by atoms with Crippen molar-refractivity contribution >= 4 is 33.6 Å². The largest absolute Gasteiger partial charge is 0.503 e. The van der Waals surface area contributed by atoms with Crippen molar-refractivity contribution in [3.8, 4) is 11.5 Å². The zero-order chi connectivity index (χ0) is 26.4. The molecule has 3 heterocycles. The number of amides is 1. The molecule has 8 heteroatoms. The highest BCUT2D eigenvalue weighted by atomic mass is 16.5. The number of aromatic amines is 1. The Morgan fingerprint density at radius 3 is 2.55 bits per heavy atom. The molecule has 1 unspecified atom stereocenters. The Labute approximate surface area is 217 Å². The summed E-state index contributed by atoms with van der Waals surface area (Å²) in [5, 5.41) is 12.6. The third kappa shape index (κ3) is 3.61.